The zero-order valence-corrected chi connectivity index (χ0v) is 18.1. The van der Waals surface area contributed by atoms with Gasteiger partial charge in [-0.15, -0.1) is 0 Å². The van der Waals surface area contributed by atoms with Crippen molar-refractivity contribution in [2.45, 2.75) is 24.7 Å². The van der Waals surface area contributed by atoms with Crippen LogP contribution in [0.4, 0.5) is 0 Å². The second-order valence-corrected chi connectivity index (χ2v) is 9.77. The van der Waals surface area contributed by atoms with Crippen molar-refractivity contribution in [2.24, 2.45) is 5.92 Å². The third kappa shape index (κ3) is 4.63. The van der Waals surface area contributed by atoms with Crippen molar-refractivity contribution < 1.29 is 17.9 Å². The Hall–Kier alpha value is -1.31. The fourth-order valence-corrected chi connectivity index (χ4v) is 5.39. The first-order chi connectivity index (χ1) is 13.2. The zero-order chi connectivity index (χ0) is 20.5. The summed E-state index contributed by atoms with van der Waals surface area (Å²) in [4.78, 5) is 12.4. The second-order valence-electron chi connectivity index (χ2n) is 6.61. The summed E-state index contributed by atoms with van der Waals surface area (Å²) in [5.74, 6) is -0.504. The smallest absolute Gasteiger partial charge is 0.314 e. The van der Waals surface area contributed by atoms with Crippen molar-refractivity contribution in [2.75, 3.05) is 13.1 Å². The summed E-state index contributed by atoms with van der Waals surface area (Å²) in [7, 11) is -3.79. The lowest BCUT2D eigenvalue weighted by molar-refractivity contribution is -0.140. The number of carbonyl (C=O) groups is 1. The van der Waals surface area contributed by atoms with E-state index in [4.69, 9.17) is 39.5 Å². The largest absolute Gasteiger partial charge is 0.425 e. The van der Waals surface area contributed by atoms with Crippen LogP contribution < -0.4 is 4.74 Å². The summed E-state index contributed by atoms with van der Waals surface area (Å²) >= 11 is 18.0. The van der Waals surface area contributed by atoms with Gasteiger partial charge in [-0.2, -0.15) is 4.31 Å². The number of rotatable bonds is 4. The third-order valence-electron chi connectivity index (χ3n) is 4.60. The lowest BCUT2D eigenvalue weighted by Gasteiger charge is -2.30. The van der Waals surface area contributed by atoms with Crippen LogP contribution in [0.5, 0.6) is 5.75 Å². The number of aryl methyl sites for hydroxylation is 1. The van der Waals surface area contributed by atoms with E-state index in [9.17, 15) is 13.2 Å². The summed E-state index contributed by atoms with van der Waals surface area (Å²) in [6.07, 6.45) is 0.694. The molecule has 1 fully saturated rings. The Labute approximate surface area is 179 Å². The minimum atomic E-state index is -3.79. The molecule has 0 amide bonds. The van der Waals surface area contributed by atoms with Crippen LogP contribution in [0.15, 0.2) is 41.3 Å². The molecule has 0 aromatic heterocycles. The number of sulfonamides is 1. The van der Waals surface area contributed by atoms with Crippen LogP contribution in [-0.2, 0) is 14.8 Å². The third-order valence-corrected chi connectivity index (χ3v) is 7.52. The Balaban J connectivity index is 1.67. The van der Waals surface area contributed by atoms with Crippen LogP contribution >= 0.6 is 34.8 Å². The molecule has 2 aromatic carbocycles. The highest BCUT2D eigenvalue weighted by molar-refractivity contribution is 7.89. The van der Waals surface area contributed by atoms with Crippen molar-refractivity contribution in [1.29, 1.82) is 0 Å². The second kappa shape index (κ2) is 8.59. The quantitative estimate of drug-likeness (QED) is 0.476. The molecule has 2 aromatic rings. The molecule has 150 valence electrons. The molecule has 0 saturated carbocycles. The van der Waals surface area contributed by atoms with Gasteiger partial charge in [-0.1, -0.05) is 40.9 Å². The number of hydrogen-bond donors (Lipinski definition) is 0. The van der Waals surface area contributed by atoms with E-state index in [1.165, 1.54) is 22.5 Å². The van der Waals surface area contributed by atoms with Gasteiger partial charge in [0.05, 0.1) is 16.0 Å². The lowest BCUT2D eigenvalue weighted by atomic mass is 9.98. The molecule has 1 aliphatic heterocycles. The molecule has 0 aliphatic carbocycles. The Morgan fingerprint density at radius 1 is 1.04 bits per heavy atom. The molecule has 1 saturated heterocycles. The molecular formula is C19H18Cl3NO4S. The molecule has 0 N–H and O–H groups in total. The van der Waals surface area contributed by atoms with E-state index < -0.39 is 21.9 Å². The maximum absolute atomic E-state index is 12.9. The van der Waals surface area contributed by atoms with Crippen LogP contribution in [0.25, 0.3) is 0 Å². The standard InChI is InChI=1S/C19H18Cl3NO4S/c1-12-2-4-15(21)17(10-12)27-19(24)13-6-8-23(9-7-13)28(25,26)18-11-14(20)3-5-16(18)22/h2-5,10-11,13H,6-9H2,1H3. The minimum absolute atomic E-state index is 0.0331. The van der Waals surface area contributed by atoms with Gasteiger partial charge in [0.25, 0.3) is 0 Å². The molecule has 3 rings (SSSR count). The minimum Gasteiger partial charge on any atom is -0.425 e. The summed E-state index contributed by atoms with van der Waals surface area (Å²) in [6, 6.07) is 9.50. The van der Waals surface area contributed by atoms with E-state index in [2.05, 4.69) is 0 Å². The van der Waals surface area contributed by atoms with Crippen LogP contribution in [0, 0.1) is 12.8 Å². The SMILES string of the molecule is Cc1ccc(Cl)c(OC(=O)C2CCN(S(=O)(=O)c3cc(Cl)ccc3Cl)CC2)c1. The van der Waals surface area contributed by atoms with E-state index in [-0.39, 0.29) is 28.0 Å². The predicted molar refractivity (Wildman–Crippen MR) is 110 cm³/mol. The molecule has 28 heavy (non-hydrogen) atoms. The number of hydrogen-bond acceptors (Lipinski definition) is 4. The average molecular weight is 463 g/mol. The molecule has 5 nitrogen and oxygen atoms in total. The van der Waals surface area contributed by atoms with Gasteiger partial charge in [0, 0.05) is 18.1 Å². The molecule has 0 radical (unpaired) electrons. The summed E-state index contributed by atoms with van der Waals surface area (Å²) in [6.45, 7) is 2.25. The van der Waals surface area contributed by atoms with E-state index >= 15 is 0 Å². The van der Waals surface area contributed by atoms with Gasteiger partial charge >= 0.3 is 5.97 Å². The number of esters is 1. The zero-order valence-electron chi connectivity index (χ0n) is 15.0. The topological polar surface area (TPSA) is 63.7 Å². The summed E-state index contributed by atoms with van der Waals surface area (Å²) in [5, 5.41) is 0.756. The monoisotopic (exact) mass is 461 g/mol. The highest BCUT2D eigenvalue weighted by Gasteiger charge is 2.34. The highest BCUT2D eigenvalue weighted by Crippen LogP contribution is 2.32. The summed E-state index contributed by atoms with van der Waals surface area (Å²) in [5.41, 5.74) is 0.923. The molecule has 0 bridgehead atoms. The molecule has 9 heteroatoms. The van der Waals surface area contributed by atoms with Crippen molar-refractivity contribution >= 4 is 50.8 Å². The average Bonchev–Trinajstić information content (AvgIpc) is 2.66. The molecule has 0 unspecified atom stereocenters. The molecule has 1 aliphatic rings. The van der Waals surface area contributed by atoms with E-state index in [1.807, 2.05) is 13.0 Å². The number of piperidine rings is 1. The maximum Gasteiger partial charge on any atom is 0.314 e. The van der Waals surface area contributed by atoms with Gasteiger partial charge in [0.2, 0.25) is 10.0 Å². The Kier molecular flexibility index (Phi) is 6.57. The van der Waals surface area contributed by atoms with E-state index in [0.29, 0.717) is 23.6 Å². The Morgan fingerprint density at radius 2 is 1.68 bits per heavy atom. The number of benzene rings is 2. The van der Waals surface area contributed by atoms with Crippen LogP contribution in [0.3, 0.4) is 0 Å². The van der Waals surface area contributed by atoms with Gasteiger partial charge < -0.3 is 4.74 Å². The maximum atomic E-state index is 12.9. The number of carbonyl (C=O) groups excluding carboxylic acids is 1. The first-order valence-electron chi connectivity index (χ1n) is 8.61. The molecule has 1 heterocycles. The van der Waals surface area contributed by atoms with Crippen LogP contribution in [0.1, 0.15) is 18.4 Å². The fourth-order valence-electron chi connectivity index (χ4n) is 3.03. The van der Waals surface area contributed by atoms with E-state index in [0.717, 1.165) is 5.56 Å². The Bertz CT molecular complexity index is 1000. The highest BCUT2D eigenvalue weighted by atomic mass is 35.5. The van der Waals surface area contributed by atoms with E-state index in [1.54, 1.807) is 12.1 Å². The van der Waals surface area contributed by atoms with Gasteiger partial charge in [-0.3, -0.25) is 4.79 Å². The number of ether oxygens (including phenoxy) is 1. The van der Waals surface area contributed by atoms with Crippen molar-refractivity contribution in [1.82, 2.24) is 4.31 Å². The first kappa shape index (κ1) is 21.4. The predicted octanol–water partition coefficient (Wildman–Crippen LogP) is 4.96. The van der Waals surface area contributed by atoms with Gasteiger partial charge in [-0.05, 0) is 55.7 Å². The first-order valence-corrected chi connectivity index (χ1v) is 11.2. The normalized spacial score (nSPS) is 16.1. The molecular weight excluding hydrogens is 445 g/mol. The fraction of sp³-hybridized carbons (Fsp3) is 0.316. The van der Waals surface area contributed by atoms with Crippen LogP contribution in [-0.4, -0.2) is 31.8 Å². The van der Waals surface area contributed by atoms with Gasteiger partial charge in [-0.25, -0.2) is 8.42 Å². The Morgan fingerprint density at radius 3 is 2.36 bits per heavy atom. The van der Waals surface area contributed by atoms with Crippen molar-refractivity contribution in [3.63, 3.8) is 0 Å². The van der Waals surface area contributed by atoms with Gasteiger partial charge in [0.15, 0.2) is 0 Å². The number of halogens is 3. The van der Waals surface area contributed by atoms with Crippen molar-refractivity contribution in [3.8, 4) is 5.75 Å². The van der Waals surface area contributed by atoms with Crippen LogP contribution in [0.2, 0.25) is 15.1 Å². The number of nitrogens with zero attached hydrogens (tertiary/aromatic N) is 1. The van der Waals surface area contributed by atoms with Crippen molar-refractivity contribution in [3.05, 3.63) is 57.0 Å². The molecule has 0 spiro atoms. The summed E-state index contributed by atoms with van der Waals surface area (Å²) < 4.78 is 32.5. The van der Waals surface area contributed by atoms with Gasteiger partial charge in [0.1, 0.15) is 10.6 Å². The molecule has 0 atom stereocenters. The lowest BCUT2D eigenvalue weighted by Crippen LogP contribution is -2.41.